The van der Waals surface area contributed by atoms with Gasteiger partial charge >= 0.3 is 29.6 Å². The zero-order valence-corrected chi connectivity index (χ0v) is 20.2. The summed E-state index contributed by atoms with van der Waals surface area (Å²) in [4.78, 5) is -0.0116. The molecule has 146 valence electrons. The maximum atomic E-state index is 10.8. The largest absolute Gasteiger partial charge is 1.00 e. The zero-order valence-electron chi connectivity index (χ0n) is 17.4. The van der Waals surface area contributed by atoms with Crippen molar-refractivity contribution in [1.29, 1.82) is 0 Å². The van der Waals surface area contributed by atoms with E-state index in [0.29, 0.717) is 5.56 Å². The van der Waals surface area contributed by atoms with Crippen LogP contribution >= 0.6 is 0 Å². The first-order valence-corrected chi connectivity index (χ1v) is 11.1. The third-order valence-corrected chi connectivity index (χ3v) is 5.43. The second-order valence-corrected chi connectivity index (χ2v) is 8.10. The molecule has 0 bridgehead atoms. The van der Waals surface area contributed by atoms with E-state index in [2.05, 4.69) is 13.8 Å². The van der Waals surface area contributed by atoms with E-state index < -0.39 is 10.1 Å². The molecule has 0 radical (unpaired) electrons. The van der Waals surface area contributed by atoms with Crippen molar-refractivity contribution < 1.29 is 42.5 Å². The summed E-state index contributed by atoms with van der Waals surface area (Å²) in [7, 11) is -4.06. The fraction of sp³-hybridized carbons (Fsp3) is 0.667. The summed E-state index contributed by atoms with van der Waals surface area (Å²) in [6.07, 6.45) is 15.4. The predicted molar refractivity (Wildman–Crippen MR) is 108 cm³/mol. The van der Waals surface area contributed by atoms with Gasteiger partial charge in [-0.3, -0.25) is 4.55 Å². The van der Waals surface area contributed by atoms with Crippen molar-refractivity contribution in [3.63, 3.8) is 0 Å². The van der Waals surface area contributed by atoms with Gasteiger partial charge in [-0.25, -0.2) is 0 Å². The Morgan fingerprint density at radius 3 is 1.73 bits per heavy atom. The molecule has 0 aliphatic rings. The molecule has 0 aromatic heterocycles. The van der Waals surface area contributed by atoms with Crippen LogP contribution in [-0.4, -0.2) is 13.0 Å². The second kappa shape index (κ2) is 17.2. The quantitative estimate of drug-likeness (QED) is 0.270. The molecular formula is C21H37NaO3S. The number of unbranched alkanes of at least 4 members (excludes halogenated alkanes) is 10. The molecule has 1 rings (SSSR count). The van der Waals surface area contributed by atoms with Gasteiger partial charge < -0.3 is 6.92 Å². The molecule has 0 spiro atoms. The van der Waals surface area contributed by atoms with Crippen molar-refractivity contribution in [2.45, 2.75) is 96.3 Å². The smallest absolute Gasteiger partial charge is 0.343 e. The Labute approximate surface area is 184 Å². The minimum Gasteiger partial charge on any atom is -0.343 e. The molecule has 5 heteroatoms. The number of benzene rings is 1. The van der Waals surface area contributed by atoms with Gasteiger partial charge in [0.2, 0.25) is 0 Å². The van der Waals surface area contributed by atoms with E-state index in [1.807, 2.05) is 0 Å². The van der Waals surface area contributed by atoms with Crippen molar-refractivity contribution in [3.8, 4) is 0 Å². The van der Waals surface area contributed by atoms with Gasteiger partial charge in [0.05, 0.1) is 4.90 Å². The Bertz CT molecular complexity index is 546. The van der Waals surface area contributed by atoms with Gasteiger partial charge in [0, 0.05) is 0 Å². The van der Waals surface area contributed by atoms with Gasteiger partial charge in [-0.1, -0.05) is 83.3 Å². The van der Waals surface area contributed by atoms with Crippen LogP contribution in [0.25, 0.3) is 0 Å². The standard InChI is InChI=1S/C13H27.C8H10O3S.Na/c1-3-5-7-9-11-13-12-10-8-6-4-2;1-6-4-3-5-8(7(6)2)12(9,10)11;/h1,3-13H2,2H3;3-5H,1-2H3,(H,9,10,11);/q-1;;+1. The molecule has 1 N–H and O–H groups in total. The Hall–Kier alpha value is 0.130. The zero-order chi connectivity index (χ0) is 19.1. The summed E-state index contributed by atoms with van der Waals surface area (Å²) < 4.78 is 30.3. The van der Waals surface area contributed by atoms with Crippen LogP contribution in [-0.2, 0) is 10.1 Å². The average molecular weight is 393 g/mol. The van der Waals surface area contributed by atoms with Crippen LogP contribution in [0.15, 0.2) is 23.1 Å². The molecule has 26 heavy (non-hydrogen) atoms. The summed E-state index contributed by atoms with van der Waals surface area (Å²) in [6.45, 7) is 9.59. The Morgan fingerprint density at radius 2 is 1.35 bits per heavy atom. The molecule has 0 aliphatic carbocycles. The van der Waals surface area contributed by atoms with Crippen molar-refractivity contribution in [2.24, 2.45) is 0 Å². The van der Waals surface area contributed by atoms with Gasteiger partial charge in [-0.05, 0) is 31.0 Å². The van der Waals surface area contributed by atoms with E-state index in [1.165, 1.54) is 70.3 Å². The average Bonchev–Trinajstić information content (AvgIpc) is 2.55. The molecule has 1 aromatic carbocycles. The third-order valence-electron chi connectivity index (χ3n) is 4.44. The second-order valence-electron chi connectivity index (χ2n) is 6.71. The van der Waals surface area contributed by atoms with Crippen molar-refractivity contribution in [1.82, 2.24) is 0 Å². The van der Waals surface area contributed by atoms with Crippen LogP contribution in [0.3, 0.4) is 0 Å². The van der Waals surface area contributed by atoms with E-state index in [1.54, 1.807) is 26.0 Å². The summed E-state index contributed by atoms with van der Waals surface area (Å²) in [6, 6.07) is 4.78. The van der Waals surface area contributed by atoms with Gasteiger partial charge in [-0.15, -0.1) is 0 Å². The van der Waals surface area contributed by atoms with Crippen LogP contribution in [0, 0.1) is 20.8 Å². The molecule has 0 saturated carbocycles. The maximum absolute atomic E-state index is 10.8. The SMILES string of the molecule is Cc1cccc(S(=O)(=O)O)c1C.[CH2-]CCCCCCCCCCCC.[Na+]. The molecule has 1 aromatic rings. The first-order valence-electron chi connectivity index (χ1n) is 9.67. The van der Waals surface area contributed by atoms with Crippen LogP contribution in [0.1, 0.15) is 88.7 Å². The van der Waals surface area contributed by atoms with Crippen molar-refractivity contribution in [3.05, 3.63) is 36.2 Å². The normalized spacial score (nSPS) is 10.7. The third kappa shape index (κ3) is 14.2. The summed E-state index contributed by atoms with van der Waals surface area (Å²) >= 11 is 0. The first-order chi connectivity index (χ1) is 11.8. The fourth-order valence-corrected chi connectivity index (χ4v) is 3.47. The predicted octanol–water partition coefficient (Wildman–Crippen LogP) is 3.69. The van der Waals surface area contributed by atoms with Crippen molar-refractivity contribution >= 4 is 10.1 Å². The minimum absolute atomic E-state index is 0. The Morgan fingerprint density at radius 1 is 0.885 bits per heavy atom. The molecule has 3 nitrogen and oxygen atoms in total. The maximum Gasteiger partial charge on any atom is 1.00 e. The summed E-state index contributed by atoms with van der Waals surface area (Å²) in [5.74, 6) is 0. The first kappa shape index (κ1) is 28.3. The fourth-order valence-electron chi connectivity index (χ4n) is 2.67. The Kier molecular flexibility index (Phi) is 18.8. The van der Waals surface area contributed by atoms with Crippen LogP contribution in [0.2, 0.25) is 0 Å². The number of rotatable bonds is 11. The number of aryl methyl sites for hydroxylation is 1. The molecule has 0 fully saturated rings. The van der Waals surface area contributed by atoms with E-state index in [-0.39, 0.29) is 34.5 Å². The van der Waals surface area contributed by atoms with Crippen molar-refractivity contribution in [2.75, 3.05) is 0 Å². The van der Waals surface area contributed by atoms with E-state index >= 15 is 0 Å². The number of hydrogen-bond acceptors (Lipinski definition) is 2. The Balaban J connectivity index is 0. The minimum atomic E-state index is -4.06. The molecular weight excluding hydrogens is 355 g/mol. The van der Waals surface area contributed by atoms with E-state index in [0.717, 1.165) is 12.0 Å². The van der Waals surface area contributed by atoms with Gasteiger partial charge in [-0.2, -0.15) is 14.8 Å². The van der Waals surface area contributed by atoms with Crippen LogP contribution in [0.4, 0.5) is 0 Å². The van der Waals surface area contributed by atoms with Crippen LogP contribution < -0.4 is 29.6 Å². The summed E-state index contributed by atoms with van der Waals surface area (Å²) in [5, 5.41) is 0. The van der Waals surface area contributed by atoms with Gasteiger partial charge in [0.15, 0.2) is 0 Å². The molecule has 0 saturated heterocycles. The molecule has 0 heterocycles. The molecule has 0 aliphatic heterocycles. The summed E-state index contributed by atoms with van der Waals surface area (Å²) in [5.41, 5.74) is 1.45. The molecule has 0 amide bonds. The van der Waals surface area contributed by atoms with E-state index in [9.17, 15) is 8.42 Å². The molecule has 0 unspecified atom stereocenters. The molecule has 0 atom stereocenters. The van der Waals surface area contributed by atoms with Crippen LogP contribution in [0.5, 0.6) is 0 Å². The number of hydrogen-bond donors (Lipinski definition) is 1. The van der Waals surface area contributed by atoms with Gasteiger partial charge in [0.1, 0.15) is 0 Å². The van der Waals surface area contributed by atoms with E-state index in [4.69, 9.17) is 4.55 Å². The van der Waals surface area contributed by atoms with Gasteiger partial charge in [0.25, 0.3) is 10.1 Å². The topological polar surface area (TPSA) is 54.4 Å². The monoisotopic (exact) mass is 392 g/mol.